The molecule has 1 N–H and O–H groups in total. The van der Waals surface area contributed by atoms with Gasteiger partial charge in [-0.25, -0.2) is 0 Å². The van der Waals surface area contributed by atoms with E-state index in [1.54, 1.807) is 7.05 Å². The Morgan fingerprint density at radius 1 is 1.13 bits per heavy atom. The third-order valence-electron chi connectivity index (χ3n) is 6.75. The summed E-state index contributed by atoms with van der Waals surface area (Å²) in [6.07, 6.45) is 2.13. The van der Waals surface area contributed by atoms with Gasteiger partial charge >= 0.3 is 0 Å². The Kier molecular flexibility index (Phi) is 6.47. The summed E-state index contributed by atoms with van der Waals surface area (Å²) in [7, 11) is 1.72. The van der Waals surface area contributed by atoms with Gasteiger partial charge in [0.2, 0.25) is 5.91 Å². The predicted octanol–water partition coefficient (Wildman–Crippen LogP) is 4.79. The molecule has 0 radical (unpaired) electrons. The van der Waals surface area contributed by atoms with E-state index in [0.717, 1.165) is 38.2 Å². The number of nitrogens with zero attached hydrogens (tertiary/aromatic N) is 1. The summed E-state index contributed by atoms with van der Waals surface area (Å²) in [5.74, 6) is 1.82. The number of likely N-dealkylation sites (tertiary alicyclic amines) is 1. The Hall–Kier alpha value is -2.59. The van der Waals surface area contributed by atoms with Crippen molar-refractivity contribution in [3.05, 3.63) is 70.3 Å². The monoisotopic (exact) mass is 418 g/mol. The number of ether oxygens (including phenoxy) is 1. The number of amides is 1. The maximum Gasteiger partial charge on any atom is 0.225 e. The first-order valence-electron chi connectivity index (χ1n) is 11.4. The summed E-state index contributed by atoms with van der Waals surface area (Å²) >= 11 is 0. The molecule has 0 bridgehead atoms. The largest absolute Gasteiger partial charge is 0.489 e. The first-order chi connectivity index (χ1) is 14.9. The second-order valence-electron chi connectivity index (χ2n) is 9.24. The van der Waals surface area contributed by atoms with Gasteiger partial charge in [-0.15, -0.1) is 0 Å². The van der Waals surface area contributed by atoms with Crippen LogP contribution in [-0.2, 0) is 17.8 Å². The van der Waals surface area contributed by atoms with Gasteiger partial charge in [-0.1, -0.05) is 49.8 Å². The average molecular weight is 419 g/mol. The fourth-order valence-corrected chi connectivity index (χ4v) is 4.60. The first-order valence-corrected chi connectivity index (χ1v) is 11.4. The molecule has 0 saturated carbocycles. The van der Waals surface area contributed by atoms with Crippen LogP contribution in [0.3, 0.4) is 0 Å². The molecular formula is C27H34N2O2. The molecule has 1 heterocycles. The Labute approximate surface area is 186 Å². The van der Waals surface area contributed by atoms with Crippen LogP contribution in [0.5, 0.6) is 5.75 Å². The summed E-state index contributed by atoms with van der Waals surface area (Å²) in [4.78, 5) is 14.1. The lowest BCUT2D eigenvalue weighted by molar-refractivity contribution is -0.129. The van der Waals surface area contributed by atoms with Gasteiger partial charge < -0.3 is 10.1 Å². The number of hydrogen-bond donors (Lipinski definition) is 1. The molecule has 164 valence electrons. The quantitative estimate of drug-likeness (QED) is 0.703. The minimum Gasteiger partial charge on any atom is -0.489 e. The van der Waals surface area contributed by atoms with E-state index < -0.39 is 0 Å². The van der Waals surface area contributed by atoms with Crippen LogP contribution in [0.2, 0.25) is 0 Å². The van der Waals surface area contributed by atoms with Gasteiger partial charge in [-0.2, -0.15) is 0 Å². The molecule has 1 aliphatic carbocycles. The van der Waals surface area contributed by atoms with E-state index in [4.69, 9.17) is 4.74 Å². The normalized spacial score (nSPS) is 16.8. The van der Waals surface area contributed by atoms with Crippen molar-refractivity contribution < 1.29 is 9.53 Å². The topological polar surface area (TPSA) is 41.6 Å². The van der Waals surface area contributed by atoms with E-state index in [1.807, 2.05) is 0 Å². The Balaban J connectivity index is 1.37. The summed E-state index contributed by atoms with van der Waals surface area (Å²) < 4.78 is 6.09. The molecule has 1 fully saturated rings. The average Bonchev–Trinajstić information content (AvgIpc) is 2.75. The number of carbonyl (C=O) groups is 1. The molecule has 2 aromatic rings. The highest BCUT2D eigenvalue weighted by Crippen LogP contribution is 2.34. The van der Waals surface area contributed by atoms with Gasteiger partial charge in [0, 0.05) is 26.7 Å². The predicted molar refractivity (Wildman–Crippen MR) is 126 cm³/mol. The second kappa shape index (κ2) is 9.27. The highest BCUT2D eigenvalue weighted by atomic mass is 16.5. The van der Waals surface area contributed by atoms with Gasteiger partial charge in [0.05, 0.1) is 5.92 Å². The Bertz CT molecular complexity index is 969. The number of allylic oxidation sites excluding steroid dienone is 1. The Morgan fingerprint density at radius 2 is 1.87 bits per heavy atom. The van der Waals surface area contributed by atoms with Crippen molar-refractivity contribution in [2.45, 2.75) is 46.1 Å². The second-order valence-corrected chi connectivity index (χ2v) is 9.24. The van der Waals surface area contributed by atoms with Crippen molar-refractivity contribution in [1.82, 2.24) is 10.2 Å². The van der Waals surface area contributed by atoms with Gasteiger partial charge in [0.15, 0.2) is 0 Å². The SMILES string of the molecule is CNC(=O)C1CN(CC2=C(C)c3ccc(OCc4ccc(C(C)C)cc4)cc3CC2)C1. The van der Waals surface area contributed by atoms with Crippen LogP contribution in [0.1, 0.15) is 55.4 Å². The zero-order chi connectivity index (χ0) is 22.0. The molecular weight excluding hydrogens is 384 g/mol. The van der Waals surface area contributed by atoms with Crippen molar-refractivity contribution in [2.75, 3.05) is 26.7 Å². The molecule has 4 heteroatoms. The third kappa shape index (κ3) is 4.85. The Morgan fingerprint density at radius 3 is 2.55 bits per heavy atom. The van der Waals surface area contributed by atoms with Crippen molar-refractivity contribution in [3.63, 3.8) is 0 Å². The molecule has 4 rings (SSSR count). The van der Waals surface area contributed by atoms with Gasteiger partial charge in [0.1, 0.15) is 12.4 Å². The number of aryl methyl sites for hydroxylation is 1. The molecule has 1 saturated heterocycles. The molecule has 0 aromatic heterocycles. The molecule has 2 aliphatic rings. The number of hydrogen-bond acceptors (Lipinski definition) is 3. The van der Waals surface area contributed by atoms with E-state index >= 15 is 0 Å². The van der Waals surface area contributed by atoms with Gasteiger partial charge in [-0.3, -0.25) is 9.69 Å². The van der Waals surface area contributed by atoms with Gasteiger partial charge in [0.25, 0.3) is 0 Å². The van der Waals surface area contributed by atoms with Crippen molar-refractivity contribution in [1.29, 1.82) is 0 Å². The number of benzene rings is 2. The van der Waals surface area contributed by atoms with E-state index in [-0.39, 0.29) is 11.8 Å². The summed E-state index contributed by atoms with van der Waals surface area (Å²) in [5, 5.41) is 2.76. The number of carbonyl (C=O) groups excluding carboxylic acids is 1. The highest BCUT2D eigenvalue weighted by molar-refractivity contribution is 5.79. The molecule has 2 aromatic carbocycles. The third-order valence-corrected chi connectivity index (χ3v) is 6.75. The molecule has 4 nitrogen and oxygen atoms in total. The van der Waals surface area contributed by atoms with E-state index in [2.05, 4.69) is 73.5 Å². The molecule has 1 aliphatic heterocycles. The lowest BCUT2D eigenvalue weighted by Crippen LogP contribution is -2.53. The van der Waals surface area contributed by atoms with Crippen LogP contribution in [0.15, 0.2) is 48.0 Å². The maximum absolute atomic E-state index is 11.7. The fourth-order valence-electron chi connectivity index (χ4n) is 4.60. The number of rotatable bonds is 7. The zero-order valence-corrected chi connectivity index (χ0v) is 19.2. The number of nitrogens with one attached hydrogen (secondary N) is 1. The van der Waals surface area contributed by atoms with Crippen LogP contribution in [0.25, 0.3) is 5.57 Å². The van der Waals surface area contributed by atoms with Crippen LogP contribution in [-0.4, -0.2) is 37.5 Å². The molecule has 0 spiro atoms. The van der Waals surface area contributed by atoms with Crippen LogP contribution >= 0.6 is 0 Å². The summed E-state index contributed by atoms with van der Waals surface area (Å²) in [6.45, 7) is 9.97. The maximum atomic E-state index is 11.7. The van der Waals surface area contributed by atoms with Crippen LogP contribution in [0.4, 0.5) is 0 Å². The van der Waals surface area contributed by atoms with Crippen molar-refractivity contribution in [2.24, 2.45) is 5.92 Å². The van der Waals surface area contributed by atoms with Crippen molar-refractivity contribution in [3.8, 4) is 5.75 Å². The standard InChI is InChI=1S/C27H34N2O2/c1-18(2)21-7-5-20(6-8-21)17-31-25-11-12-26-19(3)23(10-9-22(26)13-25)14-29-15-24(16-29)27(30)28-4/h5-8,11-13,18,24H,9-10,14-17H2,1-4H3,(H,28,30). The van der Waals surface area contributed by atoms with Crippen molar-refractivity contribution >= 4 is 11.5 Å². The van der Waals surface area contributed by atoms with E-state index in [1.165, 1.54) is 33.4 Å². The smallest absolute Gasteiger partial charge is 0.225 e. The molecule has 31 heavy (non-hydrogen) atoms. The number of fused-ring (bicyclic) bond motifs is 1. The summed E-state index contributed by atoms with van der Waals surface area (Å²) in [6, 6.07) is 15.2. The molecule has 0 unspecified atom stereocenters. The lowest BCUT2D eigenvalue weighted by Gasteiger charge is -2.39. The van der Waals surface area contributed by atoms with Crippen LogP contribution < -0.4 is 10.1 Å². The zero-order valence-electron chi connectivity index (χ0n) is 19.2. The van der Waals surface area contributed by atoms with Crippen LogP contribution in [0, 0.1) is 5.92 Å². The summed E-state index contributed by atoms with van der Waals surface area (Å²) in [5.41, 5.74) is 8.17. The highest BCUT2D eigenvalue weighted by Gasteiger charge is 2.32. The minimum absolute atomic E-state index is 0.156. The molecule has 0 atom stereocenters. The van der Waals surface area contributed by atoms with E-state index in [9.17, 15) is 4.79 Å². The minimum atomic E-state index is 0.156. The lowest BCUT2D eigenvalue weighted by atomic mass is 9.85. The molecule has 1 amide bonds. The fraction of sp³-hybridized carbons (Fsp3) is 0.444. The van der Waals surface area contributed by atoms with Gasteiger partial charge in [-0.05, 0) is 65.6 Å². The first kappa shape index (κ1) is 21.6. The van der Waals surface area contributed by atoms with E-state index in [0.29, 0.717) is 12.5 Å².